The molecule has 0 saturated carbocycles. The molecule has 0 radical (unpaired) electrons. The second-order valence-corrected chi connectivity index (χ2v) is 7.41. The number of carbonyl (C=O) groups excluding carboxylic acids is 1. The molecule has 1 aliphatic heterocycles. The molecule has 0 aromatic heterocycles. The number of esters is 1. The first kappa shape index (κ1) is 20.3. The minimum absolute atomic E-state index is 0.244. The van der Waals surface area contributed by atoms with E-state index >= 15 is 0 Å². The SMILES string of the molecule is CC(C)(CCCOc1ccc(C=C2N=C(c3ccccc3)OC2=O)cc1)C(=O)O. The summed E-state index contributed by atoms with van der Waals surface area (Å²) in [6, 6.07) is 16.5. The van der Waals surface area contributed by atoms with Gasteiger partial charge in [-0.25, -0.2) is 9.79 Å². The molecule has 0 atom stereocenters. The lowest BCUT2D eigenvalue weighted by molar-refractivity contribution is -0.147. The zero-order chi connectivity index (χ0) is 20.9. The molecule has 29 heavy (non-hydrogen) atoms. The Morgan fingerprint density at radius 2 is 1.83 bits per heavy atom. The monoisotopic (exact) mass is 393 g/mol. The molecule has 2 aromatic rings. The van der Waals surface area contributed by atoms with Crippen LogP contribution in [0.4, 0.5) is 0 Å². The maximum absolute atomic E-state index is 12.1. The van der Waals surface area contributed by atoms with E-state index in [9.17, 15) is 9.59 Å². The second-order valence-electron chi connectivity index (χ2n) is 7.41. The Balaban J connectivity index is 1.58. The van der Waals surface area contributed by atoms with E-state index in [0.717, 1.165) is 11.1 Å². The Kier molecular flexibility index (Phi) is 6.12. The van der Waals surface area contributed by atoms with Crippen LogP contribution in [-0.4, -0.2) is 29.5 Å². The molecule has 0 bridgehead atoms. The average molecular weight is 393 g/mol. The summed E-state index contributed by atoms with van der Waals surface area (Å²) in [6.07, 6.45) is 2.85. The van der Waals surface area contributed by atoms with Gasteiger partial charge >= 0.3 is 11.9 Å². The number of aliphatic imine (C=N–C) groups is 1. The summed E-state index contributed by atoms with van der Waals surface area (Å²) < 4.78 is 10.9. The number of ether oxygens (including phenoxy) is 2. The summed E-state index contributed by atoms with van der Waals surface area (Å²) in [7, 11) is 0. The zero-order valence-corrected chi connectivity index (χ0v) is 16.4. The number of hydrogen-bond donors (Lipinski definition) is 1. The number of carbonyl (C=O) groups is 2. The first-order valence-electron chi connectivity index (χ1n) is 9.39. The van der Waals surface area contributed by atoms with Crippen molar-refractivity contribution in [1.29, 1.82) is 0 Å². The number of carboxylic acid groups (broad SMARTS) is 1. The van der Waals surface area contributed by atoms with Gasteiger partial charge in [-0.15, -0.1) is 0 Å². The smallest absolute Gasteiger partial charge is 0.363 e. The highest BCUT2D eigenvalue weighted by Crippen LogP contribution is 2.23. The maximum atomic E-state index is 12.1. The van der Waals surface area contributed by atoms with Crippen molar-refractivity contribution in [3.8, 4) is 5.75 Å². The van der Waals surface area contributed by atoms with Gasteiger partial charge in [0.05, 0.1) is 12.0 Å². The van der Waals surface area contributed by atoms with E-state index in [-0.39, 0.29) is 5.70 Å². The van der Waals surface area contributed by atoms with Gasteiger partial charge in [0, 0.05) is 5.56 Å². The maximum Gasteiger partial charge on any atom is 0.363 e. The summed E-state index contributed by atoms with van der Waals surface area (Å²) in [6.45, 7) is 3.85. The molecular weight excluding hydrogens is 370 g/mol. The normalized spacial score (nSPS) is 15.2. The minimum Gasteiger partial charge on any atom is -0.494 e. The number of aliphatic carboxylic acids is 1. The summed E-state index contributed by atoms with van der Waals surface area (Å²) in [5.41, 5.74) is 1.04. The highest BCUT2D eigenvalue weighted by molar-refractivity contribution is 6.12. The molecular formula is C23H23NO5. The van der Waals surface area contributed by atoms with E-state index in [0.29, 0.717) is 31.1 Å². The Bertz CT molecular complexity index is 943. The third-order valence-electron chi connectivity index (χ3n) is 4.62. The van der Waals surface area contributed by atoms with Crippen molar-refractivity contribution in [1.82, 2.24) is 0 Å². The van der Waals surface area contributed by atoms with E-state index in [4.69, 9.17) is 14.6 Å². The topological polar surface area (TPSA) is 85.2 Å². The fourth-order valence-corrected chi connectivity index (χ4v) is 2.74. The Labute approximate surface area is 169 Å². The van der Waals surface area contributed by atoms with Crippen LogP contribution in [0.25, 0.3) is 6.08 Å². The van der Waals surface area contributed by atoms with Crippen LogP contribution in [-0.2, 0) is 14.3 Å². The van der Waals surface area contributed by atoms with E-state index in [2.05, 4.69) is 4.99 Å². The lowest BCUT2D eigenvalue weighted by Gasteiger charge is -2.18. The molecule has 6 nitrogen and oxygen atoms in total. The van der Waals surface area contributed by atoms with Crippen molar-refractivity contribution in [2.75, 3.05) is 6.61 Å². The van der Waals surface area contributed by atoms with Gasteiger partial charge in [-0.2, -0.15) is 0 Å². The van der Waals surface area contributed by atoms with Crippen LogP contribution in [0.5, 0.6) is 5.75 Å². The molecule has 2 aromatic carbocycles. The van der Waals surface area contributed by atoms with Crippen LogP contribution < -0.4 is 4.74 Å². The van der Waals surface area contributed by atoms with Gasteiger partial charge in [0.1, 0.15) is 5.75 Å². The first-order chi connectivity index (χ1) is 13.8. The van der Waals surface area contributed by atoms with Crippen LogP contribution in [0, 0.1) is 5.41 Å². The van der Waals surface area contributed by atoms with Crippen LogP contribution in [0.1, 0.15) is 37.8 Å². The molecule has 1 N–H and O–H groups in total. The molecule has 150 valence electrons. The van der Waals surface area contributed by atoms with Gasteiger partial charge in [-0.1, -0.05) is 30.3 Å². The molecule has 6 heteroatoms. The fraction of sp³-hybridized carbons (Fsp3) is 0.261. The van der Waals surface area contributed by atoms with Gasteiger partial charge in [-0.05, 0) is 62.6 Å². The van der Waals surface area contributed by atoms with Gasteiger partial charge in [-0.3, -0.25) is 4.79 Å². The lowest BCUT2D eigenvalue weighted by atomic mass is 9.88. The van der Waals surface area contributed by atoms with Crippen molar-refractivity contribution < 1.29 is 24.2 Å². The summed E-state index contributed by atoms with van der Waals surface area (Å²) in [4.78, 5) is 27.4. The van der Waals surface area contributed by atoms with E-state index < -0.39 is 17.4 Å². The van der Waals surface area contributed by atoms with Crippen molar-refractivity contribution in [3.05, 3.63) is 71.4 Å². The number of nitrogens with zero attached hydrogens (tertiary/aromatic N) is 1. The van der Waals surface area contributed by atoms with E-state index in [1.54, 1.807) is 32.1 Å². The van der Waals surface area contributed by atoms with Crippen molar-refractivity contribution >= 4 is 23.9 Å². The van der Waals surface area contributed by atoms with Crippen molar-refractivity contribution in [2.24, 2.45) is 10.4 Å². The summed E-state index contributed by atoms with van der Waals surface area (Å²) >= 11 is 0. The van der Waals surface area contributed by atoms with Crippen LogP contribution in [0.2, 0.25) is 0 Å². The van der Waals surface area contributed by atoms with E-state index in [1.807, 2.05) is 42.5 Å². The summed E-state index contributed by atoms with van der Waals surface area (Å²) in [5, 5.41) is 9.12. The number of benzene rings is 2. The standard InChI is InChI=1S/C23H23NO5/c1-23(2,22(26)27)13-6-14-28-18-11-9-16(10-12-18)15-19-21(25)29-20(24-19)17-7-4-3-5-8-17/h3-5,7-12,15H,6,13-14H2,1-2H3,(H,26,27). The largest absolute Gasteiger partial charge is 0.494 e. The number of hydrogen-bond acceptors (Lipinski definition) is 5. The Morgan fingerprint density at radius 3 is 2.48 bits per heavy atom. The predicted octanol–water partition coefficient (Wildman–Crippen LogP) is 4.30. The third-order valence-corrected chi connectivity index (χ3v) is 4.62. The van der Waals surface area contributed by atoms with Crippen LogP contribution >= 0.6 is 0 Å². The quantitative estimate of drug-likeness (QED) is 0.411. The molecule has 0 unspecified atom stereocenters. The Hall–Kier alpha value is -3.41. The minimum atomic E-state index is -0.807. The molecule has 1 heterocycles. The first-order valence-corrected chi connectivity index (χ1v) is 9.39. The van der Waals surface area contributed by atoms with Gasteiger partial charge < -0.3 is 14.6 Å². The van der Waals surface area contributed by atoms with Gasteiger partial charge in [0.15, 0.2) is 5.70 Å². The van der Waals surface area contributed by atoms with Gasteiger partial charge in [0.25, 0.3) is 0 Å². The fourth-order valence-electron chi connectivity index (χ4n) is 2.74. The van der Waals surface area contributed by atoms with Gasteiger partial charge in [0.2, 0.25) is 5.90 Å². The third kappa shape index (κ3) is 5.31. The number of rotatable bonds is 8. The molecule has 1 aliphatic rings. The van der Waals surface area contributed by atoms with E-state index in [1.165, 1.54) is 0 Å². The average Bonchev–Trinajstić information content (AvgIpc) is 3.07. The molecule has 0 amide bonds. The highest BCUT2D eigenvalue weighted by atomic mass is 16.6. The highest BCUT2D eigenvalue weighted by Gasteiger charge is 2.26. The number of carboxylic acids is 1. The molecule has 0 aliphatic carbocycles. The van der Waals surface area contributed by atoms with Crippen molar-refractivity contribution in [2.45, 2.75) is 26.7 Å². The summed E-state index contributed by atoms with van der Waals surface area (Å²) in [5.74, 6) is -0.308. The van der Waals surface area contributed by atoms with Crippen molar-refractivity contribution in [3.63, 3.8) is 0 Å². The molecule has 3 rings (SSSR count). The molecule has 0 fully saturated rings. The predicted molar refractivity (Wildman–Crippen MR) is 110 cm³/mol. The number of cyclic esters (lactones) is 1. The molecule has 0 spiro atoms. The Morgan fingerprint density at radius 1 is 1.14 bits per heavy atom. The molecule has 0 saturated heterocycles. The van der Waals surface area contributed by atoms with Crippen LogP contribution in [0.15, 0.2) is 65.3 Å². The second kappa shape index (κ2) is 8.73. The van der Waals surface area contributed by atoms with Crippen LogP contribution in [0.3, 0.4) is 0 Å². The lowest BCUT2D eigenvalue weighted by Crippen LogP contribution is -2.24. The zero-order valence-electron chi connectivity index (χ0n) is 16.4.